The van der Waals surface area contributed by atoms with Gasteiger partial charge in [-0.2, -0.15) is 0 Å². The van der Waals surface area contributed by atoms with Crippen LogP contribution in [0.3, 0.4) is 0 Å². The second-order valence-electron chi connectivity index (χ2n) is 9.02. The fraction of sp³-hybridized carbons (Fsp3) is 0.458. The molecule has 0 N–H and O–H groups in total. The van der Waals surface area contributed by atoms with Crippen LogP contribution in [0.15, 0.2) is 48.2 Å². The molecule has 0 aromatic heterocycles. The Labute approximate surface area is 216 Å². The Kier molecular flexibility index (Phi) is 8.00. The number of Topliss-reactive ketones (excluding diaryl/α,β-unsaturated/α-hetero) is 1. The van der Waals surface area contributed by atoms with Gasteiger partial charge in [0, 0.05) is 31.2 Å². The lowest BCUT2D eigenvalue weighted by atomic mass is 9.76. The number of rotatable bonds is 8. The van der Waals surface area contributed by atoms with Crippen molar-refractivity contribution in [2.24, 2.45) is 0 Å². The van der Waals surface area contributed by atoms with Crippen molar-refractivity contribution in [1.82, 2.24) is 4.90 Å². The lowest BCUT2D eigenvalue weighted by Crippen LogP contribution is -2.77. The number of ether oxygens (including phenoxy) is 4. The Morgan fingerprint density at radius 3 is 2.34 bits per heavy atom. The first-order valence-electron chi connectivity index (χ1n) is 12.0. The van der Waals surface area contributed by atoms with Crippen molar-refractivity contribution in [1.29, 1.82) is 0 Å². The van der Waals surface area contributed by atoms with Gasteiger partial charge in [0.2, 0.25) is 0 Å². The summed E-state index contributed by atoms with van der Waals surface area (Å²) in [6.45, 7) is -0.340. The van der Waals surface area contributed by atoms with Crippen molar-refractivity contribution in [3.63, 3.8) is 0 Å². The van der Waals surface area contributed by atoms with Crippen molar-refractivity contribution in [3.05, 3.63) is 68.4 Å². The quantitative estimate of drug-likeness (QED) is 0.207. The minimum atomic E-state index is -1.41. The summed E-state index contributed by atoms with van der Waals surface area (Å²) in [5.41, 5.74) is -1.70. The predicted octanol–water partition coefficient (Wildman–Crippen LogP) is 3.32. The highest BCUT2D eigenvalue weighted by atomic mass is 16.7. The van der Waals surface area contributed by atoms with Crippen LogP contribution in [-0.2, 0) is 19.0 Å². The van der Waals surface area contributed by atoms with Crippen molar-refractivity contribution in [2.75, 3.05) is 19.8 Å². The second-order valence-corrected chi connectivity index (χ2v) is 9.02. The highest BCUT2D eigenvalue weighted by Gasteiger charge is 2.61. The van der Waals surface area contributed by atoms with E-state index in [9.17, 15) is 34.6 Å². The number of benzene rings is 1. The zero-order valence-corrected chi connectivity index (χ0v) is 20.2. The van der Waals surface area contributed by atoms with Gasteiger partial charge in [0.15, 0.2) is 11.3 Å². The van der Waals surface area contributed by atoms with Gasteiger partial charge >= 0.3 is 12.3 Å². The van der Waals surface area contributed by atoms with Gasteiger partial charge in [-0.05, 0) is 37.1 Å². The van der Waals surface area contributed by atoms with E-state index in [2.05, 4.69) is 0 Å². The van der Waals surface area contributed by atoms with Crippen molar-refractivity contribution in [3.8, 4) is 5.75 Å². The number of fused-ring (bicyclic) bond motifs is 1. The summed E-state index contributed by atoms with van der Waals surface area (Å²) in [4.78, 5) is 60.2. The van der Waals surface area contributed by atoms with Gasteiger partial charge in [-0.15, -0.1) is 0 Å². The molecule has 2 fully saturated rings. The third kappa shape index (κ3) is 5.80. The van der Waals surface area contributed by atoms with Crippen molar-refractivity contribution >= 4 is 23.8 Å². The highest BCUT2D eigenvalue weighted by molar-refractivity contribution is 5.99. The summed E-state index contributed by atoms with van der Waals surface area (Å²) in [7, 11) is 0. The molecule has 38 heavy (non-hydrogen) atoms. The summed E-state index contributed by atoms with van der Waals surface area (Å²) in [6.07, 6.45) is 4.27. The minimum Gasteiger partial charge on any atom is -0.432 e. The van der Waals surface area contributed by atoms with Gasteiger partial charge in [-0.3, -0.25) is 29.9 Å². The number of allylic oxidation sites excluding steroid dienone is 1. The molecule has 1 aromatic carbocycles. The molecule has 0 amide bonds. The predicted molar refractivity (Wildman–Crippen MR) is 127 cm³/mol. The number of hydrogen-bond donors (Lipinski definition) is 0. The summed E-state index contributed by atoms with van der Waals surface area (Å²) >= 11 is 0. The Balaban J connectivity index is 1.37. The molecule has 0 radical (unpaired) electrons. The number of nitrogens with zero attached hydrogens (tertiary/aromatic N) is 3. The maximum Gasteiger partial charge on any atom is 0.513 e. The summed E-state index contributed by atoms with van der Waals surface area (Å²) in [5, 5.41) is 21.6. The molecule has 14 heteroatoms. The van der Waals surface area contributed by atoms with Crippen LogP contribution in [0.25, 0.3) is 0 Å². The molecular weight excluding hydrogens is 506 g/mol. The van der Waals surface area contributed by atoms with E-state index in [1.165, 1.54) is 30.4 Å². The topological polar surface area (TPSA) is 178 Å². The molecule has 1 aliphatic carbocycles. The van der Waals surface area contributed by atoms with E-state index in [1.54, 1.807) is 0 Å². The maximum atomic E-state index is 13.2. The number of ketones is 1. The number of carbonyl (C=O) groups is 3. The van der Waals surface area contributed by atoms with Crippen LogP contribution < -0.4 is 4.74 Å². The third-order valence-corrected chi connectivity index (χ3v) is 6.67. The first kappa shape index (κ1) is 26.7. The van der Waals surface area contributed by atoms with E-state index in [0.29, 0.717) is 13.0 Å². The molecule has 2 heterocycles. The Morgan fingerprint density at radius 1 is 1.00 bits per heavy atom. The van der Waals surface area contributed by atoms with Crippen molar-refractivity contribution < 1.29 is 43.2 Å². The molecule has 3 atom stereocenters. The van der Waals surface area contributed by atoms with E-state index in [-0.39, 0.29) is 35.4 Å². The molecule has 1 aromatic rings. The lowest BCUT2D eigenvalue weighted by Gasteiger charge is -2.54. The second kappa shape index (κ2) is 11.4. The number of nitro benzene ring substituents is 1. The molecule has 0 spiro atoms. The first-order chi connectivity index (χ1) is 18.2. The monoisotopic (exact) mass is 531 g/mol. The van der Waals surface area contributed by atoms with Crippen LogP contribution >= 0.6 is 0 Å². The van der Waals surface area contributed by atoms with Gasteiger partial charge in [-0.25, -0.2) is 9.59 Å². The fourth-order valence-corrected chi connectivity index (χ4v) is 4.72. The highest BCUT2D eigenvalue weighted by Crippen LogP contribution is 2.39. The van der Waals surface area contributed by atoms with E-state index in [1.807, 2.05) is 4.90 Å². The number of nitro groups is 2. The van der Waals surface area contributed by atoms with Gasteiger partial charge < -0.3 is 18.9 Å². The largest absolute Gasteiger partial charge is 0.513 e. The zero-order valence-electron chi connectivity index (χ0n) is 20.2. The Hall–Kier alpha value is -4.33. The fourth-order valence-electron chi connectivity index (χ4n) is 4.72. The Bertz CT molecular complexity index is 1180. The van der Waals surface area contributed by atoms with Crippen LogP contribution in [0.2, 0.25) is 0 Å². The first-order valence-corrected chi connectivity index (χ1v) is 12.0. The maximum absolute atomic E-state index is 13.2. The standard InChI is InChI=1S/C24H25N3O11/c28-21-20-4-2-1-3-13-25(20)24(21,14-35-22(29)37-18-9-5-16(6-10-18)26(31)32)15-36-23(30)38-19-11-7-17(8-12-19)27(33)34/h5-11,19-20H,1-4,12-15H2. The van der Waals surface area contributed by atoms with Gasteiger partial charge in [-0.1, -0.05) is 12.8 Å². The van der Waals surface area contributed by atoms with E-state index in [4.69, 9.17) is 18.9 Å². The van der Waals surface area contributed by atoms with E-state index in [0.717, 1.165) is 31.4 Å². The summed E-state index contributed by atoms with van der Waals surface area (Å²) in [5.74, 6) is -0.219. The SMILES string of the molecule is O=C(OCC1(COC(=O)OC2C=CC([N+](=O)[O-])=CC2)C(=O)C2CCCCCN21)Oc1ccc([N+](=O)[O-])cc1. The number of carbonyl (C=O) groups excluding carboxylic acids is 3. The van der Waals surface area contributed by atoms with Crippen LogP contribution in [0.4, 0.5) is 15.3 Å². The van der Waals surface area contributed by atoms with Gasteiger partial charge in [0.1, 0.15) is 25.1 Å². The van der Waals surface area contributed by atoms with Gasteiger partial charge in [0.25, 0.3) is 11.4 Å². The van der Waals surface area contributed by atoms with Crippen molar-refractivity contribution in [2.45, 2.75) is 49.8 Å². The summed E-state index contributed by atoms with van der Waals surface area (Å²) in [6, 6.07) is 4.42. The normalized spacial score (nSPS) is 24.6. The lowest BCUT2D eigenvalue weighted by molar-refractivity contribution is -0.419. The number of hydrogen-bond acceptors (Lipinski definition) is 12. The zero-order chi connectivity index (χ0) is 27.3. The average Bonchev–Trinajstić information content (AvgIpc) is 3.13. The van der Waals surface area contributed by atoms with Crippen LogP contribution in [-0.4, -0.2) is 70.3 Å². The van der Waals surface area contributed by atoms with E-state index < -0.39 is 47.0 Å². The molecule has 2 aliphatic heterocycles. The summed E-state index contributed by atoms with van der Waals surface area (Å²) < 4.78 is 20.7. The molecule has 2 saturated heterocycles. The molecule has 4 rings (SSSR count). The van der Waals surface area contributed by atoms with Crippen LogP contribution in [0.5, 0.6) is 5.75 Å². The molecule has 0 saturated carbocycles. The molecule has 3 aliphatic rings. The smallest absolute Gasteiger partial charge is 0.432 e. The average molecular weight is 531 g/mol. The molecule has 3 unspecified atom stereocenters. The third-order valence-electron chi connectivity index (χ3n) is 6.67. The van der Waals surface area contributed by atoms with Crippen LogP contribution in [0, 0.1) is 20.2 Å². The Morgan fingerprint density at radius 2 is 1.71 bits per heavy atom. The van der Waals surface area contributed by atoms with Gasteiger partial charge in [0.05, 0.1) is 15.9 Å². The van der Waals surface area contributed by atoms with E-state index >= 15 is 0 Å². The molecule has 14 nitrogen and oxygen atoms in total. The molecule has 202 valence electrons. The number of non-ortho nitro benzene ring substituents is 1. The molecular formula is C24H25N3O11. The molecule has 0 bridgehead atoms. The minimum absolute atomic E-state index is 0.0110. The van der Waals surface area contributed by atoms with Crippen LogP contribution in [0.1, 0.15) is 32.1 Å².